The van der Waals surface area contributed by atoms with Gasteiger partial charge < -0.3 is 5.32 Å². The van der Waals surface area contributed by atoms with E-state index in [0.29, 0.717) is 25.1 Å². The molecule has 0 aliphatic carbocycles. The lowest BCUT2D eigenvalue weighted by molar-refractivity contribution is -0.137. The van der Waals surface area contributed by atoms with Gasteiger partial charge in [-0.05, 0) is 17.7 Å². The van der Waals surface area contributed by atoms with Crippen LogP contribution in [-0.2, 0) is 21.4 Å². The molecule has 6 nitrogen and oxygen atoms in total. The smallest absolute Gasteiger partial charge is 0.324 e. The number of hydrogen-bond acceptors (Lipinski definition) is 6. The SMILES string of the molecule is O[P+]1(Cc2ccc(Nc3ncc(C(F)(F)F)c(Cl)n3)cc2)OCCCO1. The third-order valence-corrected chi connectivity index (χ3v) is 5.74. The maximum absolute atomic E-state index is 12.7. The minimum absolute atomic E-state index is 0.0548. The topological polar surface area (TPSA) is 76.5 Å². The highest BCUT2D eigenvalue weighted by Crippen LogP contribution is 2.61. The molecule has 1 aliphatic heterocycles. The zero-order chi connectivity index (χ0) is 18.8. The highest BCUT2D eigenvalue weighted by molar-refractivity contribution is 7.59. The first-order valence-corrected chi connectivity index (χ1v) is 9.75. The summed E-state index contributed by atoms with van der Waals surface area (Å²) < 4.78 is 48.7. The summed E-state index contributed by atoms with van der Waals surface area (Å²) >= 11 is 5.57. The van der Waals surface area contributed by atoms with Crippen LogP contribution in [0.25, 0.3) is 0 Å². The van der Waals surface area contributed by atoms with Gasteiger partial charge in [0.05, 0.1) is 13.2 Å². The minimum atomic E-state index is -4.61. The van der Waals surface area contributed by atoms with E-state index in [1.165, 1.54) is 0 Å². The minimum Gasteiger partial charge on any atom is -0.324 e. The molecular formula is C15H15ClF3N3O3P+. The Kier molecular flexibility index (Phi) is 5.64. The summed E-state index contributed by atoms with van der Waals surface area (Å²) in [6.45, 7) is 0.936. The summed E-state index contributed by atoms with van der Waals surface area (Å²) in [6.07, 6.45) is -2.97. The number of nitrogens with one attached hydrogen (secondary N) is 1. The largest absolute Gasteiger partial charge is 0.420 e. The standard InChI is InChI=1S/C15H15ClF3N3O3P/c16-13-12(15(17,18)19)8-20-14(22-13)21-11-4-2-10(3-5-11)9-26(23)24-6-1-7-25-26/h2-5,8,23H,1,6-7,9H2,(H,20,21,22)/q+1. The Morgan fingerprint density at radius 1 is 1.19 bits per heavy atom. The predicted octanol–water partition coefficient (Wildman–Crippen LogP) is 4.58. The molecule has 0 amide bonds. The van der Waals surface area contributed by atoms with E-state index in [9.17, 15) is 18.1 Å². The molecule has 0 saturated carbocycles. The average molecular weight is 409 g/mol. The molecule has 11 heteroatoms. The van der Waals surface area contributed by atoms with Crippen LogP contribution in [0.3, 0.4) is 0 Å². The first-order valence-electron chi connectivity index (χ1n) is 7.61. The van der Waals surface area contributed by atoms with Crippen LogP contribution in [0, 0.1) is 0 Å². The first-order chi connectivity index (χ1) is 12.3. The molecular weight excluding hydrogens is 394 g/mol. The molecule has 1 fully saturated rings. The fraction of sp³-hybridized carbons (Fsp3) is 0.333. The molecule has 1 aromatic carbocycles. The predicted molar refractivity (Wildman–Crippen MR) is 91.1 cm³/mol. The summed E-state index contributed by atoms with van der Waals surface area (Å²) in [7, 11) is -2.86. The van der Waals surface area contributed by atoms with E-state index in [-0.39, 0.29) is 12.1 Å². The summed E-state index contributed by atoms with van der Waals surface area (Å²) in [5.41, 5.74) is 0.268. The van der Waals surface area contributed by atoms with Crippen molar-refractivity contribution in [3.8, 4) is 0 Å². The second-order valence-corrected chi connectivity index (χ2v) is 8.00. The van der Waals surface area contributed by atoms with Crippen LogP contribution in [0.15, 0.2) is 30.5 Å². The van der Waals surface area contributed by atoms with Crippen LogP contribution in [0.5, 0.6) is 0 Å². The molecule has 0 spiro atoms. The van der Waals surface area contributed by atoms with Crippen molar-refractivity contribution in [2.45, 2.75) is 18.8 Å². The fourth-order valence-electron chi connectivity index (χ4n) is 2.27. The van der Waals surface area contributed by atoms with Crippen molar-refractivity contribution in [3.63, 3.8) is 0 Å². The van der Waals surface area contributed by atoms with E-state index in [1.54, 1.807) is 24.3 Å². The van der Waals surface area contributed by atoms with Gasteiger partial charge in [-0.3, -0.25) is 0 Å². The van der Waals surface area contributed by atoms with Gasteiger partial charge in [0.1, 0.15) is 10.7 Å². The lowest BCUT2D eigenvalue weighted by Gasteiger charge is -2.21. The third-order valence-electron chi connectivity index (χ3n) is 3.51. The molecule has 2 aromatic rings. The Labute approximate surface area is 152 Å². The van der Waals surface area contributed by atoms with Crippen LogP contribution < -0.4 is 5.32 Å². The van der Waals surface area contributed by atoms with Crippen molar-refractivity contribution in [1.82, 2.24) is 9.97 Å². The summed E-state index contributed by atoms with van der Waals surface area (Å²) in [4.78, 5) is 17.5. The van der Waals surface area contributed by atoms with Gasteiger partial charge in [-0.15, -0.1) is 0 Å². The molecule has 0 bridgehead atoms. The Morgan fingerprint density at radius 3 is 2.42 bits per heavy atom. The lowest BCUT2D eigenvalue weighted by atomic mass is 10.2. The molecule has 3 rings (SSSR count). The maximum atomic E-state index is 12.7. The number of halogens is 4. The van der Waals surface area contributed by atoms with Crippen LogP contribution >= 0.6 is 19.5 Å². The van der Waals surface area contributed by atoms with Crippen molar-refractivity contribution in [3.05, 3.63) is 46.7 Å². The molecule has 2 heterocycles. The summed E-state index contributed by atoms with van der Waals surface area (Å²) in [5.74, 6) is -0.0548. The number of benzene rings is 1. The molecule has 0 unspecified atom stereocenters. The van der Waals surface area contributed by atoms with Crippen molar-refractivity contribution in [1.29, 1.82) is 0 Å². The molecule has 1 aromatic heterocycles. The second-order valence-electron chi connectivity index (χ2n) is 5.53. The van der Waals surface area contributed by atoms with E-state index in [1.807, 2.05) is 0 Å². The van der Waals surface area contributed by atoms with Gasteiger partial charge in [-0.1, -0.05) is 23.7 Å². The number of aromatic nitrogens is 2. The number of nitrogens with zero attached hydrogens (tertiary/aromatic N) is 2. The first kappa shape index (κ1) is 19.3. The third kappa shape index (κ3) is 4.81. The Bertz CT molecular complexity index is 771. The van der Waals surface area contributed by atoms with Crippen LogP contribution in [0.1, 0.15) is 17.5 Å². The molecule has 0 radical (unpaired) electrons. The number of hydrogen-bond donors (Lipinski definition) is 2. The fourth-order valence-corrected chi connectivity index (χ4v) is 4.26. The van der Waals surface area contributed by atoms with Crippen molar-refractivity contribution in [2.24, 2.45) is 0 Å². The van der Waals surface area contributed by atoms with Gasteiger partial charge in [0.15, 0.2) is 6.16 Å². The zero-order valence-corrected chi connectivity index (χ0v) is 15.0. The highest BCUT2D eigenvalue weighted by Gasteiger charge is 2.43. The Hall–Kier alpha value is -1.51. The lowest BCUT2D eigenvalue weighted by Crippen LogP contribution is -2.14. The number of rotatable bonds is 4. The second kappa shape index (κ2) is 7.62. The normalized spacial score (nSPS) is 17.1. The Morgan fingerprint density at radius 2 is 1.85 bits per heavy atom. The van der Waals surface area contributed by atoms with Gasteiger partial charge in [0.25, 0.3) is 0 Å². The van der Waals surface area contributed by atoms with Crippen molar-refractivity contribution < 1.29 is 27.1 Å². The quantitative estimate of drug-likeness (QED) is 0.569. The maximum Gasteiger partial charge on any atom is 0.420 e. The van der Waals surface area contributed by atoms with E-state index in [2.05, 4.69) is 15.3 Å². The van der Waals surface area contributed by atoms with Gasteiger partial charge >= 0.3 is 14.1 Å². The van der Waals surface area contributed by atoms with E-state index in [0.717, 1.165) is 12.0 Å². The number of alkyl halides is 3. The van der Waals surface area contributed by atoms with Gasteiger partial charge in [-0.25, -0.2) is 9.97 Å². The van der Waals surface area contributed by atoms with Crippen molar-refractivity contribution in [2.75, 3.05) is 18.5 Å². The zero-order valence-electron chi connectivity index (χ0n) is 13.3. The van der Waals surface area contributed by atoms with Crippen LogP contribution in [0.4, 0.5) is 24.8 Å². The van der Waals surface area contributed by atoms with Crippen LogP contribution in [0.2, 0.25) is 5.15 Å². The molecule has 0 atom stereocenters. The summed E-state index contributed by atoms with van der Waals surface area (Å²) in [5, 5.41) is 2.10. The summed E-state index contributed by atoms with van der Waals surface area (Å²) in [6, 6.07) is 6.85. The van der Waals surface area contributed by atoms with E-state index in [4.69, 9.17) is 20.6 Å². The molecule has 2 N–H and O–H groups in total. The monoisotopic (exact) mass is 408 g/mol. The van der Waals surface area contributed by atoms with Gasteiger partial charge in [0, 0.05) is 18.3 Å². The average Bonchev–Trinajstić information content (AvgIpc) is 2.56. The molecule has 1 saturated heterocycles. The number of anilines is 2. The Balaban J connectivity index is 1.67. The molecule has 140 valence electrons. The van der Waals surface area contributed by atoms with E-state index >= 15 is 0 Å². The molecule has 26 heavy (non-hydrogen) atoms. The highest BCUT2D eigenvalue weighted by atomic mass is 35.5. The van der Waals surface area contributed by atoms with Crippen LogP contribution in [-0.4, -0.2) is 28.1 Å². The van der Waals surface area contributed by atoms with Gasteiger partial charge in [0.2, 0.25) is 5.95 Å². The van der Waals surface area contributed by atoms with Gasteiger partial charge in [-0.2, -0.15) is 27.1 Å². The van der Waals surface area contributed by atoms with E-state index < -0.39 is 24.8 Å². The van der Waals surface area contributed by atoms with Crippen molar-refractivity contribution >= 4 is 31.2 Å². The molecule has 1 aliphatic rings.